The van der Waals surface area contributed by atoms with Crippen LogP contribution >= 0.6 is 0 Å². The molecular formula is C17H22N2. The molecule has 2 rings (SSSR count). The van der Waals surface area contributed by atoms with Crippen LogP contribution in [0.4, 0.5) is 11.4 Å². The summed E-state index contributed by atoms with van der Waals surface area (Å²) in [5, 5.41) is 0. The van der Waals surface area contributed by atoms with Gasteiger partial charge in [0, 0.05) is 24.0 Å². The number of nitrogens with two attached hydrogens (primary N) is 1. The van der Waals surface area contributed by atoms with E-state index in [4.69, 9.17) is 5.73 Å². The molecule has 0 heterocycles. The third-order valence-corrected chi connectivity index (χ3v) is 3.35. The first-order valence-electron chi connectivity index (χ1n) is 6.82. The zero-order valence-corrected chi connectivity index (χ0v) is 11.9. The minimum atomic E-state index is 0.0371. The van der Waals surface area contributed by atoms with E-state index >= 15 is 0 Å². The lowest BCUT2D eigenvalue weighted by atomic mass is 10.0. The van der Waals surface area contributed by atoms with Crippen LogP contribution in [0.5, 0.6) is 0 Å². The highest BCUT2D eigenvalue weighted by molar-refractivity contribution is 5.67. The van der Waals surface area contributed by atoms with Crippen LogP contribution in [0.3, 0.4) is 0 Å². The number of anilines is 2. The molecule has 19 heavy (non-hydrogen) atoms. The number of hydrogen-bond acceptors (Lipinski definition) is 2. The lowest BCUT2D eigenvalue weighted by Gasteiger charge is -2.27. The van der Waals surface area contributed by atoms with Crippen LogP contribution in [-0.4, -0.2) is 6.54 Å². The zero-order valence-electron chi connectivity index (χ0n) is 11.9. The standard InChI is InChI=1S/C17H22N2/c1-4-19(15-9-7-8-13(2)12-15)17-11-6-5-10-16(17)14(3)18/h5-12,14H,4,18H2,1-3H3/t14-/m0/s1. The molecule has 1 atom stereocenters. The van der Waals surface area contributed by atoms with Crippen molar-refractivity contribution >= 4 is 11.4 Å². The van der Waals surface area contributed by atoms with E-state index in [1.807, 2.05) is 13.0 Å². The van der Waals surface area contributed by atoms with Gasteiger partial charge in [0.05, 0.1) is 0 Å². The number of benzene rings is 2. The topological polar surface area (TPSA) is 29.3 Å². The van der Waals surface area contributed by atoms with Gasteiger partial charge in [0.1, 0.15) is 0 Å². The molecule has 100 valence electrons. The molecule has 0 saturated heterocycles. The van der Waals surface area contributed by atoms with Gasteiger partial charge < -0.3 is 10.6 Å². The Morgan fingerprint density at radius 1 is 1.11 bits per heavy atom. The fourth-order valence-corrected chi connectivity index (χ4v) is 2.41. The minimum absolute atomic E-state index is 0.0371. The van der Waals surface area contributed by atoms with Gasteiger partial charge in [-0.2, -0.15) is 0 Å². The van der Waals surface area contributed by atoms with Crippen molar-refractivity contribution in [3.63, 3.8) is 0 Å². The summed E-state index contributed by atoms with van der Waals surface area (Å²) in [5.41, 5.74) is 11.0. The summed E-state index contributed by atoms with van der Waals surface area (Å²) < 4.78 is 0. The summed E-state index contributed by atoms with van der Waals surface area (Å²) in [6.07, 6.45) is 0. The van der Waals surface area contributed by atoms with E-state index in [1.54, 1.807) is 0 Å². The summed E-state index contributed by atoms with van der Waals surface area (Å²) in [6, 6.07) is 17.0. The highest BCUT2D eigenvalue weighted by atomic mass is 15.1. The van der Waals surface area contributed by atoms with E-state index in [0.717, 1.165) is 6.54 Å². The van der Waals surface area contributed by atoms with Crippen LogP contribution in [0.15, 0.2) is 48.5 Å². The van der Waals surface area contributed by atoms with E-state index in [2.05, 4.69) is 61.2 Å². The first-order chi connectivity index (χ1) is 9.13. The van der Waals surface area contributed by atoms with E-state index in [9.17, 15) is 0 Å². The third-order valence-electron chi connectivity index (χ3n) is 3.35. The van der Waals surface area contributed by atoms with Crippen molar-refractivity contribution in [2.75, 3.05) is 11.4 Å². The number of nitrogens with zero attached hydrogens (tertiary/aromatic N) is 1. The van der Waals surface area contributed by atoms with Gasteiger partial charge in [-0.05, 0) is 50.1 Å². The second kappa shape index (κ2) is 5.89. The molecule has 2 N–H and O–H groups in total. The van der Waals surface area contributed by atoms with Gasteiger partial charge in [-0.25, -0.2) is 0 Å². The predicted octanol–water partition coefficient (Wildman–Crippen LogP) is 4.17. The van der Waals surface area contributed by atoms with Crippen molar-refractivity contribution in [1.82, 2.24) is 0 Å². The maximum absolute atomic E-state index is 6.09. The molecule has 0 aliphatic carbocycles. The molecule has 0 saturated carbocycles. The Balaban J connectivity index is 2.48. The summed E-state index contributed by atoms with van der Waals surface area (Å²) in [4.78, 5) is 2.31. The smallest absolute Gasteiger partial charge is 0.0458 e. The van der Waals surface area contributed by atoms with E-state index < -0.39 is 0 Å². The molecular weight excluding hydrogens is 232 g/mol. The Bertz CT molecular complexity index is 546. The number of para-hydroxylation sites is 1. The molecule has 0 spiro atoms. The second-order valence-corrected chi connectivity index (χ2v) is 4.93. The quantitative estimate of drug-likeness (QED) is 0.887. The number of hydrogen-bond donors (Lipinski definition) is 1. The summed E-state index contributed by atoms with van der Waals surface area (Å²) >= 11 is 0. The molecule has 0 amide bonds. The van der Waals surface area contributed by atoms with E-state index in [0.29, 0.717) is 0 Å². The van der Waals surface area contributed by atoms with Crippen LogP contribution in [0, 0.1) is 6.92 Å². The minimum Gasteiger partial charge on any atom is -0.341 e. The van der Waals surface area contributed by atoms with Crippen molar-refractivity contribution in [3.8, 4) is 0 Å². The predicted molar refractivity (Wildman–Crippen MR) is 82.9 cm³/mol. The monoisotopic (exact) mass is 254 g/mol. The molecule has 0 radical (unpaired) electrons. The van der Waals surface area contributed by atoms with E-state index in [1.165, 1.54) is 22.5 Å². The Labute approximate surface area is 115 Å². The maximum Gasteiger partial charge on any atom is 0.0458 e. The van der Waals surface area contributed by atoms with Crippen LogP contribution in [0.2, 0.25) is 0 Å². The normalized spacial score (nSPS) is 12.2. The largest absolute Gasteiger partial charge is 0.341 e. The zero-order chi connectivity index (χ0) is 13.8. The summed E-state index contributed by atoms with van der Waals surface area (Å²) in [6.45, 7) is 7.24. The average Bonchev–Trinajstić information content (AvgIpc) is 2.40. The fraction of sp³-hybridized carbons (Fsp3) is 0.294. The number of rotatable bonds is 4. The van der Waals surface area contributed by atoms with Gasteiger partial charge in [-0.15, -0.1) is 0 Å². The fourth-order valence-electron chi connectivity index (χ4n) is 2.41. The maximum atomic E-state index is 6.09. The Hall–Kier alpha value is -1.80. The SMILES string of the molecule is CCN(c1cccc(C)c1)c1ccccc1[C@H](C)N. The second-order valence-electron chi connectivity index (χ2n) is 4.93. The lowest BCUT2D eigenvalue weighted by molar-refractivity contribution is 0.811. The Morgan fingerprint density at radius 3 is 2.47 bits per heavy atom. The van der Waals surface area contributed by atoms with Crippen LogP contribution in [0.1, 0.15) is 31.0 Å². The highest BCUT2D eigenvalue weighted by Gasteiger charge is 2.13. The van der Waals surface area contributed by atoms with Crippen molar-refractivity contribution in [2.24, 2.45) is 5.73 Å². The molecule has 0 fully saturated rings. The summed E-state index contributed by atoms with van der Waals surface area (Å²) in [5.74, 6) is 0. The third kappa shape index (κ3) is 2.96. The first kappa shape index (κ1) is 13.6. The average molecular weight is 254 g/mol. The van der Waals surface area contributed by atoms with Gasteiger partial charge in [0.15, 0.2) is 0 Å². The van der Waals surface area contributed by atoms with Crippen LogP contribution in [0.25, 0.3) is 0 Å². The number of aryl methyl sites for hydroxylation is 1. The van der Waals surface area contributed by atoms with Crippen molar-refractivity contribution in [2.45, 2.75) is 26.8 Å². The van der Waals surface area contributed by atoms with Gasteiger partial charge >= 0.3 is 0 Å². The van der Waals surface area contributed by atoms with Gasteiger partial charge in [0.2, 0.25) is 0 Å². The Morgan fingerprint density at radius 2 is 1.84 bits per heavy atom. The summed E-state index contributed by atoms with van der Waals surface area (Å²) in [7, 11) is 0. The van der Waals surface area contributed by atoms with Gasteiger partial charge in [0.25, 0.3) is 0 Å². The highest BCUT2D eigenvalue weighted by Crippen LogP contribution is 2.31. The van der Waals surface area contributed by atoms with Crippen LogP contribution < -0.4 is 10.6 Å². The molecule has 0 unspecified atom stereocenters. The van der Waals surface area contributed by atoms with Gasteiger partial charge in [-0.3, -0.25) is 0 Å². The molecule has 0 bridgehead atoms. The van der Waals surface area contributed by atoms with Crippen molar-refractivity contribution < 1.29 is 0 Å². The van der Waals surface area contributed by atoms with Gasteiger partial charge in [-0.1, -0.05) is 30.3 Å². The van der Waals surface area contributed by atoms with Crippen molar-refractivity contribution in [3.05, 3.63) is 59.7 Å². The van der Waals surface area contributed by atoms with E-state index in [-0.39, 0.29) is 6.04 Å². The molecule has 2 aromatic rings. The molecule has 0 aliphatic heterocycles. The lowest BCUT2D eigenvalue weighted by Crippen LogP contribution is -2.20. The molecule has 2 heteroatoms. The van der Waals surface area contributed by atoms with Crippen molar-refractivity contribution in [1.29, 1.82) is 0 Å². The first-order valence-corrected chi connectivity index (χ1v) is 6.82. The molecule has 2 nitrogen and oxygen atoms in total. The molecule has 0 aromatic heterocycles. The van der Waals surface area contributed by atoms with Crippen LogP contribution in [-0.2, 0) is 0 Å². The molecule has 2 aromatic carbocycles. The Kier molecular flexibility index (Phi) is 4.23. The molecule has 0 aliphatic rings.